The lowest BCUT2D eigenvalue weighted by atomic mass is 9.82. The summed E-state index contributed by atoms with van der Waals surface area (Å²) in [4.78, 5) is 2.31. The number of aliphatic hydroxyl groups is 1. The van der Waals surface area contributed by atoms with Crippen molar-refractivity contribution < 1.29 is 14.6 Å². The Morgan fingerprint density at radius 1 is 1.37 bits per heavy atom. The second kappa shape index (κ2) is 4.69. The highest BCUT2D eigenvalue weighted by Gasteiger charge is 2.42. The Hall–Kier alpha value is -1.26. The van der Waals surface area contributed by atoms with Crippen molar-refractivity contribution in [3.05, 3.63) is 23.8 Å². The summed E-state index contributed by atoms with van der Waals surface area (Å²) in [6.45, 7) is 2.05. The molecule has 1 atom stereocenters. The van der Waals surface area contributed by atoms with Gasteiger partial charge in [0.2, 0.25) is 0 Å². The van der Waals surface area contributed by atoms with Crippen molar-refractivity contribution in [2.75, 3.05) is 27.2 Å². The van der Waals surface area contributed by atoms with E-state index in [1.165, 1.54) is 0 Å². The molecule has 1 aromatic carbocycles. The van der Waals surface area contributed by atoms with Gasteiger partial charge in [0.15, 0.2) is 0 Å². The lowest BCUT2D eigenvalue weighted by Gasteiger charge is -2.45. The molecule has 0 saturated carbocycles. The molecule has 0 radical (unpaired) electrons. The fraction of sp³-hybridized carbons (Fsp3) is 0.600. The molecule has 2 aliphatic rings. The van der Waals surface area contributed by atoms with Crippen LogP contribution in [0.3, 0.4) is 0 Å². The van der Waals surface area contributed by atoms with Crippen molar-refractivity contribution in [1.82, 2.24) is 4.90 Å². The van der Waals surface area contributed by atoms with Crippen molar-refractivity contribution in [2.45, 2.75) is 31.0 Å². The van der Waals surface area contributed by atoms with E-state index < -0.39 is 6.10 Å². The maximum atomic E-state index is 10.4. The third kappa shape index (κ3) is 2.30. The summed E-state index contributed by atoms with van der Waals surface area (Å²) in [7, 11) is 3.77. The molecule has 4 heteroatoms. The normalized spacial score (nSPS) is 25.7. The van der Waals surface area contributed by atoms with Gasteiger partial charge in [0, 0.05) is 25.1 Å². The summed E-state index contributed by atoms with van der Waals surface area (Å²) < 4.78 is 11.4. The number of hydrogen-bond donors (Lipinski definition) is 1. The zero-order valence-corrected chi connectivity index (χ0v) is 11.6. The van der Waals surface area contributed by atoms with E-state index in [-0.39, 0.29) is 5.60 Å². The van der Waals surface area contributed by atoms with E-state index in [9.17, 15) is 5.11 Å². The van der Waals surface area contributed by atoms with Gasteiger partial charge >= 0.3 is 0 Å². The zero-order valence-electron chi connectivity index (χ0n) is 11.6. The highest BCUT2D eigenvalue weighted by molar-refractivity contribution is 5.43. The fourth-order valence-electron chi connectivity index (χ4n) is 3.08. The van der Waals surface area contributed by atoms with Crippen molar-refractivity contribution in [1.29, 1.82) is 0 Å². The number of aliphatic hydroxyl groups excluding tert-OH is 1. The highest BCUT2D eigenvalue weighted by Crippen LogP contribution is 2.45. The van der Waals surface area contributed by atoms with Crippen LogP contribution < -0.4 is 9.47 Å². The van der Waals surface area contributed by atoms with E-state index in [1.807, 2.05) is 18.2 Å². The first kappa shape index (κ1) is 12.8. The lowest BCUT2D eigenvalue weighted by Crippen LogP contribution is -2.49. The van der Waals surface area contributed by atoms with Crippen LogP contribution in [0.15, 0.2) is 18.2 Å². The van der Waals surface area contributed by atoms with Crippen molar-refractivity contribution >= 4 is 0 Å². The van der Waals surface area contributed by atoms with Gasteiger partial charge in [-0.25, -0.2) is 0 Å². The molecule has 0 bridgehead atoms. The summed E-state index contributed by atoms with van der Waals surface area (Å²) in [6.07, 6.45) is 2.18. The van der Waals surface area contributed by atoms with Crippen LogP contribution in [0.2, 0.25) is 0 Å². The Kier molecular flexibility index (Phi) is 3.15. The summed E-state index contributed by atoms with van der Waals surface area (Å²) in [6, 6.07) is 5.68. The van der Waals surface area contributed by atoms with Gasteiger partial charge in [-0.15, -0.1) is 0 Å². The van der Waals surface area contributed by atoms with Crippen LogP contribution in [0.1, 0.15) is 30.9 Å². The summed E-state index contributed by atoms with van der Waals surface area (Å²) in [5.41, 5.74) is 0.664. The minimum atomic E-state index is -0.456. The molecule has 1 aromatic rings. The van der Waals surface area contributed by atoms with Gasteiger partial charge in [-0.05, 0) is 38.1 Å². The Bertz CT molecular complexity index is 466. The van der Waals surface area contributed by atoms with Gasteiger partial charge in [-0.2, -0.15) is 0 Å². The molecule has 1 spiro atoms. The number of ether oxygens (including phenoxy) is 2. The first-order valence-electron chi connectivity index (χ1n) is 6.85. The molecule has 1 fully saturated rings. The van der Waals surface area contributed by atoms with E-state index in [0.29, 0.717) is 6.42 Å². The Morgan fingerprint density at radius 3 is 2.79 bits per heavy atom. The van der Waals surface area contributed by atoms with Gasteiger partial charge in [-0.3, -0.25) is 0 Å². The van der Waals surface area contributed by atoms with E-state index in [4.69, 9.17) is 9.47 Å². The largest absolute Gasteiger partial charge is 0.497 e. The first-order valence-corrected chi connectivity index (χ1v) is 6.85. The number of piperidine rings is 1. The van der Waals surface area contributed by atoms with Crippen molar-refractivity contribution in [2.24, 2.45) is 0 Å². The minimum absolute atomic E-state index is 0.187. The van der Waals surface area contributed by atoms with Crippen LogP contribution in [0, 0.1) is 0 Å². The Labute approximate surface area is 113 Å². The third-order valence-corrected chi connectivity index (χ3v) is 4.37. The molecule has 2 aliphatic heterocycles. The molecule has 4 nitrogen and oxygen atoms in total. The van der Waals surface area contributed by atoms with Crippen LogP contribution in [0.25, 0.3) is 0 Å². The molecule has 3 rings (SSSR count). The van der Waals surface area contributed by atoms with Gasteiger partial charge in [-0.1, -0.05) is 0 Å². The quantitative estimate of drug-likeness (QED) is 0.841. The number of rotatable bonds is 1. The number of methoxy groups -OCH3 is 1. The molecule has 19 heavy (non-hydrogen) atoms. The van der Waals surface area contributed by atoms with Crippen molar-refractivity contribution in [3.8, 4) is 11.5 Å². The van der Waals surface area contributed by atoms with Gasteiger partial charge < -0.3 is 19.5 Å². The Balaban J connectivity index is 1.88. The number of fused-ring (bicyclic) bond motifs is 1. The first-order chi connectivity index (χ1) is 9.12. The van der Waals surface area contributed by atoms with Gasteiger partial charge in [0.1, 0.15) is 17.1 Å². The molecule has 1 N–H and O–H groups in total. The van der Waals surface area contributed by atoms with E-state index in [0.717, 1.165) is 43.0 Å². The predicted octanol–water partition coefficient (Wildman–Crippen LogP) is 1.98. The minimum Gasteiger partial charge on any atom is -0.497 e. The molecule has 0 aliphatic carbocycles. The van der Waals surface area contributed by atoms with E-state index in [1.54, 1.807) is 7.11 Å². The summed E-state index contributed by atoms with van der Waals surface area (Å²) in [5.74, 6) is 1.57. The molecule has 0 amide bonds. The van der Waals surface area contributed by atoms with Crippen molar-refractivity contribution in [3.63, 3.8) is 0 Å². The molecular weight excluding hydrogens is 242 g/mol. The maximum Gasteiger partial charge on any atom is 0.126 e. The SMILES string of the molecule is COc1ccc2c(c1)C(O)CC1(CCN(C)CC1)O2. The number of hydrogen-bond acceptors (Lipinski definition) is 4. The summed E-state index contributed by atoms with van der Waals surface area (Å²) >= 11 is 0. The molecule has 0 aromatic heterocycles. The molecule has 2 heterocycles. The van der Waals surface area contributed by atoms with Crippen LogP contribution in [0.4, 0.5) is 0 Å². The van der Waals surface area contributed by atoms with Crippen LogP contribution in [-0.2, 0) is 0 Å². The number of benzene rings is 1. The lowest BCUT2D eigenvalue weighted by molar-refractivity contribution is -0.0504. The third-order valence-electron chi connectivity index (χ3n) is 4.37. The topological polar surface area (TPSA) is 41.9 Å². The van der Waals surface area contributed by atoms with Gasteiger partial charge in [0.05, 0.1) is 13.2 Å². The van der Waals surface area contributed by atoms with E-state index >= 15 is 0 Å². The summed E-state index contributed by atoms with van der Waals surface area (Å²) in [5, 5.41) is 10.4. The zero-order chi connectivity index (χ0) is 13.5. The second-order valence-electron chi connectivity index (χ2n) is 5.71. The average molecular weight is 263 g/mol. The highest BCUT2D eigenvalue weighted by atomic mass is 16.5. The monoisotopic (exact) mass is 263 g/mol. The second-order valence-corrected chi connectivity index (χ2v) is 5.71. The van der Waals surface area contributed by atoms with Crippen LogP contribution in [0.5, 0.6) is 11.5 Å². The Morgan fingerprint density at radius 2 is 2.11 bits per heavy atom. The molecule has 1 saturated heterocycles. The fourth-order valence-corrected chi connectivity index (χ4v) is 3.08. The van der Waals surface area contributed by atoms with Crippen LogP contribution >= 0.6 is 0 Å². The number of nitrogens with zero attached hydrogens (tertiary/aromatic N) is 1. The number of likely N-dealkylation sites (tertiary alicyclic amines) is 1. The molecule has 104 valence electrons. The maximum absolute atomic E-state index is 10.4. The smallest absolute Gasteiger partial charge is 0.126 e. The molecule has 1 unspecified atom stereocenters. The standard InChI is InChI=1S/C15H21NO3/c1-16-7-5-15(6-8-16)10-13(17)12-9-11(18-2)3-4-14(12)19-15/h3-4,9,13,17H,5-8,10H2,1-2H3. The van der Waals surface area contributed by atoms with E-state index in [2.05, 4.69) is 11.9 Å². The van der Waals surface area contributed by atoms with Crippen LogP contribution in [-0.4, -0.2) is 42.9 Å². The van der Waals surface area contributed by atoms with Gasteiger partial charge in [0.25, 0.3) is 0 Å². The predicted molar refractivity (Wildman–Crippen MR) is 72.7 cm³/mol. The average Bonchev–Trinajstić information content (AvgIpc) is 2.42. The molecular formula is C15H21NO3.